The summed E-state index contributed by atoms with van der Waals surface area (Å²) >= 11 is 1.30. The summed E-state index contributed by atoms with van der Waals surface area (Å²) < 4.78 is 2.01. The minimum Gasteiger partial charge on any atom is -0.325 e. The maximum Gasteiger partial charge on any atom is 0.267 e. The normalized spacial score (nSPS) is 10.7. The van der Waals surface area contributed by atoms with Crippen molar-refractivity contribution in [3.05, 3.63) is 58.1 Å². The SMILES string of the molecule is Cc1ncn(-c2ccc(NC(=O)c3cnc(CN)s3)cc2)c1C. The molecular weight excluding hydrogens is 310 g/mol. The molecule has 2 heterocycles. The second-order valence-electron chi connectivity index (χ2n) is 5.11. The van der Waals surface area contributed by atoms with E-state index in [0.29, 0.717) is 11.4 Å². The third-order valence-electron chi connectivity index (χ3n) is 3.61. The van der Waals surface area contributed by atoms with E-state index in [1.165, 1.54) is 11.3 Å². The number of thiazole rings is 1. The number of imidazole rings is 1. The molecule has 1 aromatic carbocycles. The summed E-state index contributed by atoms with van der Waals surface area (Å²) in [4.78, 5) is 21.1. The lowest BCUT2D eigenvalue weighted by Crippen LogP contribution is -2.10. The van der Waals surface area contributed by atoms with Crippen LogP contribution in [0.2, 0.25) is 0 Å². The van der Waals surface area contributed by atoms with Crippen LogP contribution in [0.5, 0.6) is 0 Å². The van der Waals surface area contributed by atoms with Gasteiger partial charge in [-0.15, -0.1) is 11.3 Å². The summed E-state index contributed by atoms with van der Waals surface area (Å²) in [7, 11) is 0. The molecule has 1 amide bonds. The number of benzene rings is 1. The maximum atomic E-state index is 12.2. The van der Waals surface area contributed by atoms with E-state index in [-0.39, 0.29) is 5.91 Å². The number of amides is 1. The maximum absolute atomic E-state index is 12.2. The van der Waals surface area contributed by atoms with Gasteiger partial charge < -0.3 is 15.6 Å². The number of aromatic nitrogens is 3. The summed E-state index contributed by atoms with van der Waals surface area (Å²) in [6.45, 7) is 4.35. The Kier molecular flexibility index (Phi) is 4.22. The van der Waals surface area contributed by atoms with Crippen molar-refractivity contribution in [1.29, 1.82) is 0 Å². The second-order valence-corrected chi connectivity index (χ2v) is 6.22. The summed E-state index contributed by atoms with van der Waals surface area (Å²) in [6, 6.07) is 7.63. The molecule has 0 aliphatic carbocycles. The van der Waals surface area contributed by atoms with Crippen molar-refractivity contribution < 1.29 is 4.79 Å². The van der Waals surface area contributed by atoms with Gasteiger partial charge in [0.2, 0.25) is 0 Å². The van der Waals surface area contributed by atoms with Crippen LogP contribution in [0, 0.1) is 13.8 Å². The fraction of sp³-hybridized carbons (Fsp3) is 0.188. The summed E-state index contributed by atoms with van der Waals surface area (Å²) in [6.07, 6.45) is 3.35. The average molecular weight is 327 g/mol. The van der Waals surface area contributed by atoms with Gasteiger partial charge in [0, 0.05) is 23.6 Å². The van der Waals surface area contributed by atoms with E-state index in [4.69, 9.17) is 5.73 Å². The zero-order valence-electron chi connectivity index (χ0n) is 12.9. The molecule has 0 atom stereocenters. The lowest BCUT2D eigenvalue weighted by molar-refractivity contribution is 0.103. The lowest BCUT2D eigenvalue weighted by Gasteiger charge is -2.08. The average Bonchev–Trinajstić information content (AvgIpc) is 3.16. The molecule has 23 heavy (non-hydrogen) atoms. The lowest BCUT2D eigenvalue weighted by atomic mass is 10.2. The number of carbonyl (C=O) groups is 1. The molecule has 3 rings (SSSR count). The molecule has 6 nitrogen and oxygen atoms in total. The topological polar surface area (TPSA) is 85.8 Å². The van der Waals surface area contributed by atoms with Gasteiger partial charge in [-0.2, -0.15) is 0 Å². The predicted molar refractivity (Wildman–Crippen MR) is 91.0 cm³/mol. The van der Waals surface area contributed by atoms with Crippen molar-refractivity contribution in [1.82, 2.24) is 14.5 Å². The molecule has 0 unspecified atom stereocenters. The first-order valence-corrected chi connectivity index (χ1v) is 7.97. The van der Waals surface area contributed by atoms with Crippen molar-refractivity contribution >= 4 is 22.9 Å². The number of carbonyl (C=O) groups excluding carboxylic acids is 1. The first-order chi connectivity index (χ1) is 11.1. The Bertz CT molecular complexity index is 835. The van der Waals surface area contributed by atoms with Crippen LogP contribution in [0.15, 0.2) is 36.8 Å². The number of anilines is 1. The molecule has 0 saturated carbocycles. The summed E-state index contributed by atoms with van der Waals surface area (Å²) in [5, 5.41) is 3.61. The minimum absolute atomic E-state index is 0.176. The molecule has 7 heteroatoms. The molecule has 0 radical (unpaired) electrons. The standard InChI is InChI=1S/C16H17N5OS/c1-10-11(2)21(9-19-10)13-5-3-12(4-6-13)20-16(22)14-8-18-15(7-17)23-14/h3-6,8-9H,7,17H2,1-2H3,(H,20,22). The van der Waals surface area contributed by atoms with Crippen LogP contribution in [0.4, 0.5) is 5.69 Å². The molecule has 0 fully saturated rings. The van der Waals surface area contributed by atoms with Gasteiger partial charge in [-0.1, -0.05) is 0 Å². The molecule has 0 saturated heterocycles. The largest absolute Gasteiger partial charge is 0.325 e. The third kappa shape index (κ3) is 3.15. The summed E-state index contributed by atoms with van der Waals surface area (Å²) in [5.41, 5.74) is 9.35. The van der Waals surface area contributed by atoms with Crippen molar-refractivity contribution in [3.63, 3.8) is 0 Å². The van der Waals surface area contributed by atoms with Gasteiger partial charge in [-0.05, 0) is 38.1 Å². The van der Waals surface area contributed by atoms with E-state index in [9.17, 15) is 4.79 Å². The second kappa shape index (κ2) is 6.31. The van der Waals surface area contributed by atoms with Gasteiger partial charge in [0.1, 0.15) is 9.88 Å². The Morgan fingerprint density at radius 1 is 1.26 bits per heavy atom. The molecule has 3 N–H and O–H groups in total. The Morgan fingerprint density at radius 3 is 2.57 bits per heavy atom. The number of nitrogens with two attached hydrogens (primary N) is 1. The van der Waals surface area contributed by atoms with Crippen molar-refractivity contribution in [2.24, 2.45) is 5.73 Å². The van der Waals surface area contributed by atoms with Crippen LogP contribution in [0.1, 0.15) is 26.1 Å². The van der Waals surface area contributed by atoms with Gasteiger partial charge in [-0.25, -0.2) is 9.97 Å². The van der Waals surface area contributed by atoms with E-state index in [0.717, 1.165) is 27.8 Å². The van der Waals surface area contributed by atoms with E-state index in [2.05, 4.69) is 15.3 Å². The van der Waals surface area contributed by atoms with Crippen LogP contribution in [-0.2, 0) is 6.54 Å². The monoisotopic (exact) mass is 327 g/mol. The highest BCUT2D eigenvalue weighted by atomic mass is 32.1. The Morgan fingerprint density at radius 2 is 2.00 bits per heavy atom. The Labute approximate surface area is 138 Å². The number of rotatable bonds is 4. The summed E-state index contributed by atoms with van der Waals surface area (Å²) in [5.74, 6) is -0.176. The smallest absolute Gasteiger partial charge is 0.267 e. The Balaban J connectivity index is 1.74. The van der Waals surface area contributed by atoms with E-state index < -0.39 is 0 Å². The molecule has 0 bridgehead atoms. The highest BCUT2D eigenvalue weighted by molar-refractivity contribution is 7.13. The van der Waals surface area contributed by atoms with Gasteiger partial charge in [0.25, 0.3) is 5.91 Å². The van der Waals surface area contributed by atoms with E-state index in [1.54, 1.807) is 12.5 Å². The number of aryl methyl sites for hydroxylation is 1. The van der Waals surface area contributed by atoms with Crippen LogP contribution in [0.25, 0.3) is 5.69 Å². The third-order valence-corrected chi connectivity index (χ3v) is 4.63. The van der Waals surface area contributed by atoms with Gasteiger partial charge in [0.05, 0.1) is 18.2 Å². The molecule has 118 valence electrons. The van der Waals surface area contributed by atoms with Crippen LogP contribution < -0.4 is 11.1 Å². The zero-order valence-corrected chi connectivity index (χ0v) is 13.7. The van der Waals surface area contributed by atoms with Gasteiger partial charge in [0.15, 0.2) is 0 Å². The van der Waals surface area contributed by atoms with E-state index >= 15 is 0 Å². The zero-order chi connectivity index (χ0) is 16.4. The molecule has 0 aliphatic rings. The van der Waals surface area contributed by atoms with Crippen molar-refractivity contribution in [2.45, 2.75) is 20.4 Å². The van der Waals surface area contributed by atoms with Gasteiger partial charge in [-0.3, -0.25) is 4.79 Å². The van der Waals surface area contributed by atoms with Crippen LogP contribution in [0.3, 0.4) is 0 Å². The van der Waals surface area contributed by atoms with E-state index in [1.807, 2.05) is 42.7 Å². The number of hydrogen-bond acceptors (Lipinski definition) is 5. The number of nitrogens with one attached hydrogen (secondary N) is 1. The van der Waals surface area contributed by atoms with Gasteiger partial charge >= 0.3 is 0 Å². The van der Waals surface area contributed by atoms with Crippen molar-refractivity contribution in [2.75, 3.05) is 5.32 Å². The van der Waals surface area contributed by atoms with Crippen molar-refractivity contribution in [3.8, 4) is 5.69 Å². The highest BCUT2D eigenvalue weighted by Crippen LogP contribution is 2.18. The molecule has 0 aliphatic heterocycles. The first-order valence-electron chi connectivity index (χ1n) is 7.15. The fourth-order valence-corrected chi connectivity index (χ4v) is 2.86. The molecule has 3 aromatic rings. The minimum atomic E-state index is -0.176. The van der Waals surface area contributed by atoms with Crippen LogP contribution in [-0.4, -0.2) is 20.4 Å². The molecular formula is C16H17N5OS. The van der Waals surface area contributed by atoms with Crippen LogP contribution >= 0.6 is 11.3 Å². The molecule has 0 spiro atoms. The fourth-order valence-electron chi connectivity index (χ4n) is 2.17. The number of hydrogen-bond donors (Lipinski definition) is 2. The number of nitrogens with zero attached hydrogens (tertiary/aromatic N) is 3. The Hall–Kier alpha value is -2.51. The quantitative estimate of drug-likeness (QED) is 0.771. The predicted octanol–water partition coefficient (Wildman–Crippen LogP) is 2.66. The molecule has 2 aromatic heterocycles. The first kappa shape index (κ1) is 15.4. The highest BCUT2D eigenvalue weighted by Gasteiger charge is 2.10.